The standard InChI is InChI=1S/C15H14ClNO/c1-11-4-3-5-13(8-11)17(2)14-7-6-12(10-18)15(16)9-14/h3-10H,1-2H3. The van der Waals surface area contributed by atoms with Gasteiger partial charge in [-0.2, -0.15) is 0 Å². The van der Waals surface area contributed by atoms with Gasteiger partial charge in [-0.05, 0) is 42.8 Å². The van der Waals surface area contributed by atoms with E-state index in [1.807, 2.05) is 30.1 Å². The third-order valence-corrected chi connectivity index (χ3v) is 3.21. The number of rotatable bonds is 3. The minimum atomic E-state index is 0.474. The van der Waals surface area contributed by atoms with Gasteiger partial charge in [0.2, 0.25) is 0 Å². The molecule has 2 rings (SSSR count). The second kappa shape index (κ2) is 5.23. The summed E-state index contributed by atoms with van der Waals surface area (Å²) in [6, 6.07) is 13.6. The molecule has 3 heteroatoms. The monoisotopic (exact) mass is 259 g/mol. The van der Waals surface area contributed by atoms with Gasteiger partial charge in [0.25, 0.3) is 0 Å². The number of aryl methyl sites for hydroxylation is 1. The number of benzene rings is 2. The largest absolute Gasteiger partial charge is 0.345 e. The van der Waals surface area contributed by atoms with Crippen LogP contribution >= 0.6 is 11.6 Å². The lowest BCUT2D eigenvalue weighted by Gasteiger charge is -2.20. The van der Waals surface area contributed by atoms with Crippen LogP contribution in [0.5, 0.6) is 0 Å². The number of anilines is 2. The molecule has 0 fully saturated rings. The Morgan fingerprint density at radius 3 is 2.44 bits per heavy atom. The van der Waals surface area contributed by atoms with E-state index in [9.17, 15) is 4.79 Å². The lowest BCUT2D eigenvalue weighted by molar-refractivity contribution is 0.112. The van der Waals surface area contributed by atoms with E-state index >= 15 is 0 Å². The van der Waals surface area contributed by atoms with E-state index in [0.29, 0.717) is 10.6 Å². The molecule has 0 saturated heterocycles. The Kier molecular flexibility index (Phi) is 3.68. The molecule has 0 heterocycles. The Labute approximate surface area is 112 Å². The second-order valence-electron chi connectivity index (χ2n) is 4.22. The van der Waals surface area contributed by atoms with Crippen molar-refractivity contribution in [2.75, 3.05) is 11.9 Å². The average Bonchev–Trinajstić information content (AvgIpc) is 2.37. The first kappa shape index (κ1) is 12.7. The van der Waals surface area contributed by atoms with E-state index in [-0.39, 0.29) is 0 Å². The fraction of sp³-hybridized carbons (Fsp3) is 0.133. The molecule has 0 spiro atoms. The van der Waals surface area contributed by atoms with Gasteiger partial charge < -0.3 is 4.90 Å². The summed E-state index contributed by atoms with van der Waals surface area (Å²) in [5.74, 6) is 0. The van der Waals surface area contributed by atoms with Crippen molar-refractivity contribution < 1.29 is 4.79 Å². The van der Waals surface area contributed by atoms with Gasteiger partial charge in [-0.3, -0.25) is 4.79 Å². The number of carbonyl (C=O) groups is 1. The average molecular weight is 260 g/mol. The van der Waals surface area contributed by atoms with Crippen molar-refractivity contribution >= 4 is 29.3 Å². The highest BCUT2D eigenvalue weighted by molar-refractivity contribution is 6.33. The van der Waals surface area contributed by atoms with E-state index < -0.39 is 0 Å². The van der Waals surface area contributed by atoms with Crippen LogP contribution in [-0.4, -0.2) is 13.3 Å². The normalized spacial score (nSPS) is 10.2. The van der Waals surface area contributed by atoms with E-state index in [4.69, 9.17) is 11.6 Å². The molecule has 2 aromatic rings. The van der Waals surface area contributed by atoms with Gasteiger partial charge in [-0.15, -0.1) is 0 Å². The molecule has 0 unspecified atom stereocenters. The van der Waals surface area contributed by atoms with Gasteiger partial charge >= 0.3 is 0 Å². The van der Waals surface area contributed by atoms with Crippen LogP contribution in [0.3, 0.4) is 0 Å². The summed E-state index contributed by atoms with van der Waals surface area (Å²) in [4.78, 5) is 12.8. The summed E-state index contributed by atoms with van der Waals surface area (Å²) in [5.41, 5.74) is 3.76. The SMILES string of the molecule is Cc1cccc(N(C)c2ccc(C=O)c(Cl)c2)c1. The quantitative estimate of drug-likeness (QED) is 0.769. The van der Waals surface area contributed by atoms with Crippen LogP contribution in [0.2, 0.25) is 5.02 Å². The minimum Gasteiger partial charge on any atom is -0.345 e. The Morgan fingerprint density at radius 2 is 1.83 bits per heavy atom. The van der Waals surface area contributed by atoms with E-state index in [1.165, 1.54) is 5.56 Å². The zero-order chi connectivity index (χ0) is 13.1. The van der Waals surface area contributed by atoms with Crippen molar-refractivity contribution in [1.82, 2.24) is 0 Å². The Balaban J connectivity index is 2.37. The number of hydrogen-bond donors (Lipinski definition) is 0. The predicted octanol–water partition coefficient (Wildman–Crippen LogP) is 4.23. The molecule has 0 bridgehead atoms. The van der Waals surface area contributed by atoms with Crippen LogP contribution < -0.4 is 4.90 Å². The molecule has 0 radical (unpaired) electrons. The highest BCUT2D eigenvalue weighted by Gasteiger charge is 2.06. The minimum absolute atomic E-state index is 0.474. The number of nitrogens with zero attached hydrogens (tertiary/aromatic N) is 1. The molecule has 2 nitrogen and oxygen atoms in total. The lowest BCUT2D eigenvalue weighted by atomic mass is 10.1. The van der Waals surface area contributed by atoms with Crippen molar-refractivity contribution in [3.63, 3.8) is 0 Å². The van der Waals surface area contributed by atoms with E-state index in [0.717, 1.165) is 17.7 Å². The maximum absolute atomic E-state index is 10.7. The predicted molar refractivity (Wildman–Crippen MR) is 76.1 cm³/mol. The van der Waals surface area contributed by atoms with Crippen LogP contribution in [0.4, 0.5) is 11.4 Å². The zero-order valence-electron chi connectivity index (χ0n) is 10.4. The number of aldehydes is 1. The lowest BCUT2D eigenvalue weighted by Crippen LogP contribution is -2.09. The zero-order valence-corrected chi connectivity index (χ0v) is 11.1. The fourth-order valence-electron chi connectivity index (χ4n) is 1.81. The van der Waals surface area contributed by atoms with Gasteiger partial charge in [-0.1, -0.05) is 23.7 Å². The van der Waals surface area contributed by atoms with Gasteiger partial charge in [0, 0.05) is 24.0 Å². The molecule has 92 valence electrons. The molecular formula is C15H14ClNO. The van der Waals surface area contributed by atoms with Crippen molar-refractivity contribution in [2.45, 2.75) is 6.92 Å². The molecule has 0 N–H and O–H groups in total. The number of halogens is 1. The van der Waals surface area contributed by atoms with Crippen molar-refractivity contribution in [2.24, 2.45) is 0 Å². The number of hydrogen-bond acceptors (Lipinski definition) is 2. The summed E-state index contributed by atoms with van der Waals surface area (Å²) in [6.07, 6.45) is 0.763. The first-order chi connectivity index (χ1) is 8.61. The molecule has 2 aromatic carbocycles. The Morgan fingerprint density at radius 1 is 1.11 bits per heavy atom. The van der Waals surface area contributed by atoms with Crippen LogP contribution in [0.25, 0.3) is 0 Å². The third kappa shape index (κ3) is 2.54. The second-order valence-corrected chi connectivity index (χ2v) is 4.63. The molecule has 0 aliphatic rings. The van der Waals surface area contributed by atoms with Gasteiger partial charge in [0.15, 0.2) is 6.29 Å². The topological polar surface area (TPSA) is 20.3 Å². The van der Waals surface area contributed by atoms with Gasteiger partial charge in [0.1, 0.15) is 0 Å². The molecule has 0 saturated carbocycles. The van der Waals surface area contributed by atoms with E-state index in [2.05, 4.69) is 19.1 Å². The molecule has 18 heavy (non-hydrogen) atoms. The van der Waals surface area contributed by atoms with Gasteiger partial charge in [0.05, 0.1) is 5.02 Å². The highest BCUT2D eigenvalue weighted by atomic mass is 35.5. The highest BCUT2D eigenvalue weighted by Crippen LogP contribution is 2.27. The molecule has 0 amide bonds. The summed E-state index contributed by atoms with van der Waals surface area (Å²) in [6.45, 7) is 2.06. The molecule has 0 aromatic heterocycles. The molecule has 0 aliphatic heterocycles. The van der Waals surface area contributed by atoms with Crippen LogP contribution in [0.1, 0.15) is 15.9 Å². The first-order valence-electron chi connectivity index (χ1n) is 5.67. The summed E-state index contributed by atoms with van der Waals surface area (Å²) in [7, 11) is 1.97. The van der Waals surface area contributed by atoms with Crippen molar-refractivity contribution in [3.05, 3.63) is 58.6 Å². The first-order valence-corrected chi connectivity index (χ1v) is 6.05. The Bertz CT molecular complexity index is 580. The molecular weight excluding hydrogens is 246 g/mol. The fourth-order valence-corrected chi connectivity index (χ4v) is 2.03. The summed E-state index contributed by atoms with van der Waals surface area (Å²) < 4.78 is 0. The van der Waals surface area contributed by atoms with Crippen LogP contribution in [-0.2, 0) is 0 Å². The van der Waals surface area contributed by atoms with Crippen LogP contribution in [0.15, 0.2) is 42.5 Å². The summed E-state index contributed by atoms with van der Waals surface area (Å²) in [5, 5.41) is 0.474. The Hall–Kier alpha value is -1.80. The van der Waals surface area contributed by atoms with Crippen molar-refractivity contribution in [1.29, 1.82) is 0 Å². The van der Waals surface area contributed by atoms with Crippen molar-refractivity contribution in [3.8, 4) is 0 Å². The summed E-state index contributed by atoms with van der Waals surface area (Å²) >= 11 is 6.03. The maximum Gasteiger partial charge on any atom is 0.151 e. The molecule has 0 atom stereocenters. The molecule has 0 aliphatic carbocycles. The third-order valence-electron chi connectivity index (χ3n) is 2.89. The van der Waals surface area contributed by atoms with Gasteiger partial charge in [-0.25, -0.2) is 0 Å². The number of carbonyl (C=O) groups excluding carboxylic acids is 1. The van der Waals surface area contributed by atoms with E-state index in [1.54, 1.807) is 12.1 Å². The maximum atomic E-state index is 10.7. The van der Waals surface area contributed by atoms with Crippen LogP contribution in [0, 0.1) is 6.92 Å². The smallest absolute Gasteiger partial charge is 0.151 e.